The third-order valence-electron chi connectivity index (χ3n) is 1.16. The van der Waals surface area contributed by atoms with Gasteiger partial charge in [-0.05, 0) is 6.42 Å². The van der Waals surface area contributed by atoms with Gasteiger partial charge in [-0.15, -0.1) is 18.2 Å². The van der Waals surface area contributed by atoms with Crippen LogP contribution in [0, 0.1) is 0 Å². The van der Waals surface area contributed by atoms with Crippen LogP contribution in [0.1, 0.15) is 12.8 Å². The predicted octanol–water partition coefficient (Wildman–Crippen LogP) is 1.11. The van der Waals surface area contributed by atoms with Crippen molar-refractivity contribution in [3.8, 4) is 0 Å². The summed E-state index contributed by atoms with van der Waals surface area (Å²) >= 11 is 0. The number of hydrogen-bond donors (Lipinski definition) is 0. The van der Waals surface area contributed by atoms with Crippen LogP contribution in [0.5, 0.6) is 0 Å². The zero-order valence-corrected chi connectivity index (χ0v) is 5.43. The van der Waals surface area contributed by atoms with E-state index in [9.17, 15) is 18.0 Å². The largest absolute Gasteiger partial charge is 0.507 e. The van der Waals surface area contributed by atoms with Crippen molar-refractivity contribution in [2.75, 3.05) is 0 Å². The first kappa shape index (κ1) is 8.03. The summed E-state index contributed by atoms with van der Waals surface area (Å²) in [7, 11) is 0. The molecule has 1 aliphatic rings. The summed E-state index contributed by atoms with van der Waals surface area (Å²) in [6, 6.07) is 0. The highest BCUT2D eigenvalue weighted by Gasteiger charge is 2.41. The Morgan fingerprint density at radius 2 is 2.18 bits per heavy atom. The van der Waals surface area contributed by atoms with Crippen molar-refractivity contribution < 1.29 is 18.0 Å². The minimum absolute atomic E-state index is 0.122. The number of halogens is 3. The van der Waals surface area contributed by atoms with E-state index in [0.29, 0.717) is 0 Å². The fourth-order valence-electron chi connectivity index (χ4n) is 0.705. The molecule has 11 heavy (non-hydrogen) atoms. The van der Waals surface area contributed by atoms with Crippen molar-refractivity contribution in [3.05, 3.63) is 0 Å². The Balaban J connectivity index is 2.77. The Hall–Kier alpha value is -1.07. The molecule has 0 unspecified atom stereocenters. The topological polar surface area (TPSA) is 32.7 Å². The normalized spacial score (nSPS) is 19.2. The number of rotatable bonds is 0. The van der Waals surface area contributed by atoms with Crippen LogP contribution in [0.15, 0.2) is 5.10 Å². The zero-order valence-electron chi connectivity index (χ0n) is 5.43. The van der Waals surface area contributed by atoms with Crippen LogP contribution in [0.25, 0.3) is 0 Å². The summed E-state index contributed by atoms with van der Waals surface area (Å²) in [6.07, 6.45) is -3.43. The molecule has 0 radical (unpaired) electrons. The van der Waals surface area contributed by atoms with Crippen molar-refractivity contribution in [1.82, 2.24) is 5.01 Å². The molecule has 0 fully saturated rings. The summed E-state index contributed by atoms with van der Waals surface area (Å²) in [5, 5.41) is 2.47. The van der Waals surface area contributed by atoms with E-state index in [1.54, 1.807) is 0 Å². The van der Waals surface area contributed by atoms with Gasteiger partial charge in [-0.3, -0.25) is 4.79 Å². The number of nitrogens with zero attached hydrogens (tertiary/aromatic N) is 2. The third-order valence-corrected chi connectivity index (χ3v) is 1.16. The fourth-order valence-corrected chi connectivity index (χ4v) is 0.705. The molecule has 1 rings (SSSR count). The van der Waals surface area contributed by atoms with Gasteiger partial charge < -0.3 is 0 Å². The lowest BCUT2D eigenvalue weighted by Crippen LogP contribution is -2.40. The zero-order chi connectivity index (χ0) is 8.48. The molecule has 0 N–H and O–H groups in total. The van der Waals surface area contributed by atoms with Gasteiger partial charge in [-0.2, -0.15) is 5.10 Å². The highest BCUT2D eigenvalue weighted by atomic mass is 19.4. The van der Waals surface area contributed by atoms with Crippen LogP contribution in [0.2, 0.25) is 0 Å². The predicted molar refractivity (Wildman–Crippen MR) is 30.6 cm³/mol. The van der Waals surface area contributed by atoms with Crippen molar-refractivity contribution in [2.24, 2.45) is 5.10 Å². The molecular weight excluding hydrogens is 161 g/mol. The van der Waals surface area contributed by atoms with Crippen LogP contribution in [0.3, 0.4) is 0 Å². The molecule has 0 saturated carbocycles. The van der Waals surface area contributed by atoms with Gasteiger partial charge >= 0.3 is 6.30 Å². The van der Waals surface area contributed by atoms with Crippen molar-refractivity contribution in [2.45, 2.75) is 19.1 Å². The van der Waals surface area contributed by atoms with Crippen molar-refractivity contribution in [1.29, 1.82) is 0 Å². The molecule has 6 heteroatoms. The van der Waals surface area contributed by atoms with E-state index >= 15 is 0 Å². The first-order chi connectivity index (χ1) is 5.02. The molecule has 0 aromatic carbocycles. The molecule has 0 spiro atoms. The van der Waals surface area contributed by atoms with E-state index in [1.165, 1.54) is 0 Å². The highest BCUT2D eigenvalue weighted by Crippen LogP contribution is 2.24. The Labute approximate surface area is 60.5 Å². The molecule has 0 aliphatic carbocycles. The van der Waals surface area contributed by atoms with E-state index in [0.717, 1.165) is 6.21 Å². The number of carbonyl (C=O) groups excluding carboxylic acids is 1. The fraction of sp³-hybridized carbons (Fsp3) is 0.600. The van der Waals surface area contributed by atoms with E-state index in [4.69, 9.17) is 0 Å². The Bertz CT molecular complexity index is 198. The lowest BCUT2D eigenvalue weighted by Gasteiger charge is -2.21. The van der Waals surface area contributed by atoms with Gasteiger partial charge in [-0.1, -0.05) is 0 Å². The van der Waals surface area contributed by atoms with E-state index in [2.05, 4.69) is 5.10 Å². The summed E-state index contributed by atoms with van der Waals surface area (Å²) < 4.78 is 35.3. The first-order valence-corrected chi connectivity index (χ1v) is 2.94. The van der Waals surface area contributed by atoms with Crippen LogP contribution in [0.4, 0.5) is 13.2 Å². The standard InChI is InChI=1S/C5H5F3N2O/c6-5(7,8)10-4(11)2-1-3-9-10/h3H,1-2H2. The van der Waals surface area contributed by atoms with Gasteiger partial charge in [0, 0.05) is 12.6 Å². The third kappa shape index (κ3) is 1.69. The molecule has 0 bridgehead atoms. The molecule has 0 saturated heterocycles. The number of carbonyl (C=O) groups is 1. The number of amides is 1. The monoisotopic (exact) mass is 166 g/mol. The van der Waals surface area contributed by atoms with Gasteiger partial charge in [0.2, 0.25) is 0 Å². The van der Waals surface area contributed by atoms with Gasteiger partial charge in [0.25, 0.3) is 5.91 Å². The Morgan fingerprint density at radius 1 is 1.55 bits per heavy atom. The lowest BCUT2D eigenvalue weighted by atomic mass is 10.3. The van der Waals surface area contributed by atoms with Crippen LogP contribution >= 0.6 is 0 Å². The Morgan fingerprint density at radius 3 is 2.55 bits per heavy atom. The second kappa shape index (κ2) is 2.52. The van der Waals surface area contributed by atoms with Gasteiger partial charge in [0.15, 0.2) is 0 Å². The molecule has 62 valence electrons. The summed E-state index contributed by atoms with van der Waals surface area (Å²) in [5.41, 5.74) is 0. The molecular formula is C5H5F3N2O. The maximum Gasteiger partial charge on any atom is 0.507 e. The molecule has 0 aromatic rings. The minimum Gasteiger partial charge on any atom is -0.273 e. The molecule has 1 aliphatic heterocycles. The smallest absolute Gasteiger partial charge is 0.273 e. The maximum absolute atomic E-state index is 11.8. The van der Waals surface area contributed by atoms with Crippen LogP contribution in [-0.2, 0) is 4.79 Å². The van der Waals surface area contributed by atoms with Crippen LogP contribution < -0.4 is 0 Å². The Kier molecular flexibility index (Phi) is 1.84. The van der Waals surface area contributed by atoms with E-state index in [1.807, 2.05) is 0 Å². The molecule has 0 atom stereocenters. The number of hydrogen-bond acceptors (Lipinski definition) is 2. The van der Waals surface area contributed by atoms with Gasteiger partial charge in [0.1, 0.15) is 0 Å². The number of hydrazone groups is 1. The van der Waals surface area contributed by atoms with E-state index in [-0.39, 0.29) is 12.8 Å². The van der Waals surface area contributed by atoms with Crippen LogP contribution in [-0.4, -0.2) is 23.4 Å². The molecule has 1 heterocycles. The number of alkyl halides is 3. The maximum atomic E-state index is 11.8. The van der Waals surface area contributed by atoms with Gasteiger partial charge in [-0.25, -0.2) is 0 Å². The van der Waals surface area contributed by atoms with Crippen molar-refractivity contribution in [3.63, 3.8) is 0 Å². The lowest BCUT2D eigenvalue weighted by molar-refractivity contribution is -0.241. The summed E-state index contributed by atoms with van der Waals surface area (Å²) in [5.74, 6) is -1.000. The average Bonchev–Trinajstić information content (AvgIpc) is 1.86. The van der Waals surface area contributed by atoms with Crippen molar-refractivity contribution >= 4 is 12.1 Å². The van der Waals surface area contributed by atoms with E-state index < -0.39 is 17.2 Å². The first-order valence-electron chi connectivity index (χ1n) is 2.94. The molecule has 3 nitrogen and oxygen atoms in total. The summed E-state index contributed by atoms with van der Waals surface area (Å²) in [6.45, 7) is 0. The second-order valence-electron chi connectivity index (χ2n) is 2.01. The second-order valence-corrected chi connectivity index (χ2v) is 2.01. The average molecular weight is 166 g/mol. The SMILES string of the molecule is O=C1CCC=NN1C(F)(F)F. The van der Waals surface area contributed by atoms with Gasteiger partial charge in [0.05, 0.1) is 0 Å². The quantitative estimate of drug-likeness (QED) is 0.496. The molecule has 1 amide bonds. The summed E-state index contributed by atoms with van der Waals surface area (Å²) in [4.78, 5) is 10.5. The molecule has 0 aromatic heterocycles. The highest BCUT2D eigenvalue weighted by molar-refractivity contribution is 5.82. The minimum atomic E-state index is -4.67.